The van der Waals surface area contributed by atoms with Crippen LogP contribution in [0.4, 0.5) is 5.69 Å². The van der Waals surface area contributed by atoms with Crippen molar-refractivity contribution in [2.45, 2.75) is 19.9 Å². The smallest absolute Gasteiger partial charge is 0.0606 e. The van der Waals surface area contributed by atoms with Gasteiger partial charge in [0.25, 0.3) is 0 Å². The van der Waals surface area contributed by atoms with E-state index in [1.165, 1.54) is 11.3 Å². The fourth-order valence-electron chi connectivity index (χ4n) is 1.89. The molecule has 3 nitrogen and oxygen atoms in total. The van der Waals surface area contributed by atoms with Crippen molar-refractivity contribution in [2.24, 2.45) is 0 Å². The second-order valence-corrected chi connectivity index (χ2v) is 4.93. The molecule has 0 spiro atoms. The molecule has 1 aromatic rings. The van der Waals surface area contributed by atoms with Gasteiger partial charge in [0.15, 0.2) is 0 Å². The van der Waals surface area contributed by atoms with Gasteiger partial charge < -0.3 is 15.3 Å². The van der Waals surface area contributed by atoms with E-state index in [0.29, 0.717) is 6.54 Å². The van der Waals surface area contributed by atoms with E-state index in [2.05, 4.69) is 52.1 Å². The van der Waals surface area contributed by atoms with Gasteiger partial charge in [-0.1, -0.05) is 15.9 Å². The van der Waals surface area contributed by atoms with E-state index in [0.717, 1.165) is 11.0 Å². The second kappa shape index (κ2) is 6.99. The normalized spacial score (nSPS) is 12.5. The van der Waals surface area contributed by atoms with Crippen LogP contribution in [-0.2, 0) is 0 Å². The van der Waals surface area contributed by atoms with Crippen LogP contribution in [0, 0.1) is 0 Å². The van der Waals surface area contributed by atoms with Crippen molar-refractivity contribution in [3.8, 4) is 0 Å². The minimum Gasteiger partial charge on any atom is -0.395 e. The molecule has 17 heavy (non-hydrogen) atoms. The molecule has 1 atom stereocenters. The molecule has 0 amide bonds. The molecule has 0 bridgehead atoms. The summed E-state index contributed by atoms with van der Waals surface area (Å²) in [5.74, 6) is 0. The van der Waals surface area contributed by atoms with Gasteiger partial charge in [0.2, 0.25) is 0 Å². The first kappa shape index (κ1) is 14.5. The third-order valence-electron chi connectivity index (χ3n) is 2.98. The Labute approximate surface area is 112 Å². The first-order valence-electron chi connectivity index (χ1n) is 5.96. The van der Waals surface area contributed by atoms with E-state index in [9.17, 15) is 0 Å². The van der Waals surface area contributed by atoms with E-state index in [1.54, 1.807) is 0 Å². The summed E-state index contributed by atoms with van der Waals surface area (Å²) >= 11 is 3.51. The molecule has 0 aromatic heterocycles. The Hall–Kier alpha value is -0.580. The topological polar surface area (TPSA) is 35.5 Å². The van der Waals surface area contributed by atoms with E-state index in [4.69, 9.17) is 5.11 Å². The van der Waals surface area contributed by atoms with Crippen LogP contribution in [-0.4, -0.2) is 31.9 Å². The van der Waals surface area contributed by atoms with E-state index in [1.807, 2.05) is 13.1 Å². The number of nitrogens with one attached hydrogen (secondary N) is 1. The molecular weight excluding hydrogens is 280 g/mol. The highest BCUT2D eigenvalue weighted by Gasteiger charge is 2.13. The highest BCUT2D eigenvalue weighted by molar-refractivity contribution is 9.10. The highest BCUT2D eigenvalue weighted by atomic mass is 79.9. The molecular formula is C13H21BrN2O. The van der Waals surface area contributed by atoms with Crippen molar-refractivity contribution >= 4 is 21.6 Å². The van der Waals surface area contributed by atoms with Gasteiger partial charge >= 0.3 is 0 Å². The van der Waals surface area contributed by atoms with E-state index in [-0.39, 0.29) is 12.6 Å². The second-order valence-electron chi connectivity index (χ2n) is 4.02. The first-order valence-corrected chi connectivity index (χ1v) is 6.75. The number of halogens is 1. The summed E-state index contributed by atoms with van der Waals surface area (Å²) in [6.45, 7) is 5.98. The predicted molar refractivity (Wildman–Crippen MR) is 76.6 cm³/mol. The fraction of sp³-hybridized carbons (Fsp3) is 0.538. The van der Waals surface area contributed by atoms with Crippen molar-refractivity contribution in [3.05, 3.63) is 28.2 Å². The fourth-order valence-corrected chi connectivity index (χ4v) is 2.26. The maximum atomic E-state index is 9.10. The lowest BCUT2D eigenvalue weighted by molar-refractivity contribution is 0.302. The first-order chi connectivity index (χ1) is 8.13. The van der Waals surface area contributed by atoms with Crippen LogP contribution in [0.3, 0.4) is 0 Å². The average Bonchev–Trinajstić information content (AvgIpc) is 2.35. The summed E-state index contributed by atoms with van der Waals surface area (Å²) in [6, 6.07) is 6.57. The summed E-state index contributed by atoms with van der Waals surface area (Å²) in [7, 11) is 1.96. The Balaban J connectivity index is 3.11. The van der Waals surface area contributed by atoms with Gasteiger partial charge in [-0.25, -0.2) is 0 Å². The molecule has 2 N–H and O–H groups in total. The molecule has 0 heterocycles. The van der Waals surface area contributed by atoms with Gasteiger partial charge in [0.1, 0.15) is 0 Å². The van der Waals surface area contributed by atoms with Crippen molar-refractivity contribution in [3.63, 3.8) is 0 Å². The Morgan fingerprint density at radius 2 is 2.18 bits per heavy atom. The molecule has 0 aliphatic carbocycles. The van der Waals surface area contributed by atoms with Gasteiger partial charge in [-0.2, -0.15) is 0 Å². The number of likely N-dealkylation sites (N-methyl/N-ethyl adjacent to an activating group) is 1. The lowest BCUT2D eigenvalue weighted by Gasteiger charge is -2.27. The number of nitrogens with zero attached hydrogens (tertiary/aromatic N) is 1. The van der Waals surface area contributed by atoms with Crippen LogP contribution >= 0.6 is 15.9 Å². The molecule has 0 aliphatic heterocycles. The van der Waals surface area contributed by atoms with Crippen LogP contribution in [0.2, 0.25) is 0 Å². The molecule has 1 unspecified atom stereocenters. The summed E-state index contributed by atoms with van der Waals surface area (Å²) in [4.78, 5) is 2.19. The lowest BCUT2D eigenvalue weighted by Crippen LogP contribution is -2.28. The number of hydrogen-bond donors (Lipinski definition) is 2. The predicted octanol–water partition coefficient (Wildman–Crippen LogP) is 2.55. The largest absolute Gasteiger partial charge is 0.395 e. The molecule has 0 saturated carbocycles. The van der Waals surface area contributed by atoms with Crippen molar-refractivity contribution < 1.29 is 5.11 Å². The monoisotopic (exact) mass is 300 g/mol. The van der Waals surface area contributed by atoms with Crippen molar-refractivity contribution in [1.82, 2.24) is 5.32 Å². The number of aliphatic hydroxyl groups excluding tert-OH is 1. The van der Waals surface area contributed by atoms with Gasteiger partial charge in [-0.3, -0.25) is 0 Å². The Kier molecular flexibility index (Phi) is 5.95. The van der Waals surface area contributed by atoms with E-state index < -0.39 is 0 Å². The lowest BCUT2D eigenvalue weighted by atomic mass is 10.1. The minimum absolute atomic E-state index is 0.178. The SMILES string of the molecule is CCN(CCO)c1ccc(Br)cc1C(C)NC. The molecule has 0 radical (unpaired) electrons. The maximum absolute atomic E-state index is 9.10. The quantitative estimate of drug-likeness (QED) is 0.847. The zero-order valence-corrected chi connectivity index (χ0v) is 12.3. The van der Waals surface area contributed by atoms with Gasteiger partial charge in [-0.15, -0.1) is 0 Å². The number of hydrogen-bond acceptors (Lipinski definition) is 3. The molecule has 0 fully saturated rings. The zero-order chi connectivity index (χ0) is 12.8. The minimum atomic E-state index is 0.178. The highest BCUT2D eigenvalue weighted by Crippen LogP contribution is 2.29. The number of benzene rings is 1. The number of anilines is 1. The molecule has 1 aromatic carbocycles. The third kappa shape index (κ3) is 3.69. The Morgan fingerprint density at radius 1 is 1.47 bits per heavy atom. The zero-order valence-electron chi connectivity index (χ0n) is 10.7. The maximum Gasteiger partial charge on any atom is 0.0606 e. The summed E-state index contributed by atoms with van der Waals surface area (Å²) < 4.78 is 1.08. The van der Waals surface area contributed by atoms with Crippen LogP contribution in [0.25, 0.3) is 0 Å². The molecule has 0 saturated heterocycles. The molecule has 4 heteroatoms. The van der Waals surface area contributed by atoms with Gasteiger partial charge in [0, 0.05) is 29.3 Å². The molecule has 96 valence electrons. The Bertz CT molecular complexity index is 357. The summed E-state index contributed by atoms with van der Waals surface area (Å²) in [6.07, 6.45) is 0. The van der Waals surface area contributed by atoms with Crippen LogP contribution in [0.15, 0.2) is 22.7 Å². The van der Waals surface area contributed by atoms with Crippen LogP contribution < -0.4 is 10.2 Å². The molecule has 1 rings (SSSR count). The van der Waals surface area contributed by atoms with Crippen LogP contribution in [0.5, 0.6) is 0 Å². The van der Waals surface area contributed by atoms with Crippen molar-refractivity contribution in [1.29, 1.82) is 0 Å². The standard InChI is InChI=1S/C13H21BrN2O/c1-4-16(7-8-17)13-6-5-11(14)9-12(13)10(2)15-3/h5-6,9-10,15,17H,4,7-8H2,1-3H3. The summed E-state index contributed by atoms with van der Waals surface area (Å²) in [5.41, 5.74) is 2.43. The summed E-state index contributed by atoms with van der Waals surface area (Å²) in [5, 5.41) is 12.4. The number of aliphatic hydroxyl groups is 1. The Morgan fingerprint density at radius 3 is 2.71 bits per heavy atom. The number of rotatable bonds is 6. The van der Waals surface area contributed by atoms with Gasteiger partial charge in [-0.05, 0) is 44.7 Å². The van der Waals surface area contributed by atoms with Gasteiger partial charge in [0.05, 0.1) is 6.61 Å². The van der Waals surface area contributed by atoms with Crippen LogP contribution in [0.1, 0.15) is 25.5 Å². The van der Waals surface area contributed by atoms with E-state index >= 15 is 0 Å². The molecule has 0 aliphatic rings. The average molecular weight is 301 g/mol. The van der Waals surface area contributed by atoms with Crippen molar-refractivity contribution in [2.75, 3.05) is 31.6 Å². The third-order valence-corrected chi connectivity index (χ3v) is 3.47.